The molecule has 0 heterocycles. The monoisotopic (exact) mass is 344 g/mol. The summed E-state index contributed by atoms with van der Waals surface area (Å²) < 4.78 is 5.82. The summed E-state index contributed by atoms with van der Waals surface area (Å²) >= 11 is 0. The second kappa shape index (κ2) is 7.25. The van der Waals surface area contributed by atoms with Crippen molar-refractivity contribution < 1.29 is 9.42 Å². The first-order valence-corrected chi connectivity index (χ1v) is 9.63. The normalized spacial score (nSPS) is 13.6. The summed E-state index contributed by atoms with van der Waals surface area (Å²) in [6.45, 7) is 13.4. The fourth-order valence-electron chi connectivity index (χ4n) is 3.30. The minimum atomic E-state index is -1.63. The standard InChI is InChI=1S/C21H29O2P/c1-16-14-17(21(5,6)15-20(2,3)4)12-13-19(16)23-24(22)18-10-8-7-9-11-18/h7-14,22H,15H2,1-6H3. The van der Waals surface area contributed by atoms with Gasteiger partial charge in [0, 0.05) is 5.30 Å². The summed E-state index contributed by atoms with van der Waals surface area (Å²) in [4.78, 5) is 10.3. The topological polar surface area (TPSA) is 29.5 Å². The molecule has 0 amide bonds. The van der Waals surface area contributed by atoms with Crippen molar-refractivity contribution in [1.82, 2.24) is 0 Å². The van der Waals surface area contributed by atoms with Gasteiger partial charge in [0.2, 0.25) is 0 Å². The van der Waals surface area contributed by atoms with Gasteiger partial charge in [-0.3, -0.25) is 0 Å². The van der Waals surface area contributed by atoms with Crippen molar-refractivity contribution in [3.63, 3.8) is 0 Å². The summed E-state index contributed by atoms with van der Waals surface area (Å²) in [7, 11) is -1.63. The van der Waals surface area contributed by atoms with Crippen LogP contribution in [0.25, 0.3) is 0 Å². The first-order valence-electron chi connectivity index (χ1n) is 8.42. The molecule has 0 aliphatic rings. The van der Waals surface area contributed by atoms with Crippen LogP contribution in [-0.2, 0) is 5.41 Å². The van der Waals surface area contributed by atoms with Gasteiger partial charge < -0.3 is 9.42 Å². The van der Waals surface area contributed by atoms with Crippen molar-refractivity contribution in [2.24, 2.45) is 5.41 Å². The van der Waals surface area contributed by atoms with Crippen LogP contribution in [0.3, 0.4) is 0 Å². The second-order valence-corrected chi connectivity index (χ2v) is 9.55. The van der Waals surface area contributed by atoms with Gasteiger partial charge in [-0.25, -0.2) is 0 Å². The molecule has 2 rings (SSSR count). The Morgan fingerprint density at radius 1 is 0.958 bits per heavy atom. The Kier molecular flexibility index (Phi) is 5.73. The molecule has 0 saturated heterocycles. The first kappa shape index (κ1) is 19.0. The Bertz CT molecular complexity index is 672. The van der Waals surface area contributed by atoms with E-state index in [9.17, 15) is 4.89 Å². The van der Waals surface area contributed by atoms with Crippen molar-refractivity contribution in [2.45, 2.75) is 53.4 Å². The molecule has 2 nitrogen and oxygen atoms in total. The molecular weight excluding hydrogens is 315 g/mol. The zero-order valence-corrected chi connectivity index (χ0v) is 16.5. The maximum Gasteiger partial charge on any atom is 0.262 e. The van der Waals surface area contributed by atoms with Crippen molar-refractivity contribution in [1.29, 1.82) is 0 Å². The smallest absolute Gasteiger partial charge is 0.262 e. The lowest BCUT2D eigenvalue weighted by atomic mass is 9.72. The Labute approximate surface area is 147 Å². The predicted molar refractivity (Wildman–Crippen MR) is 104 cm³/mol. The quantitative estimate of drug-likeness (QED) is 0.703. The molecule has 0 fully saturated rings. The molecule has 1 atom stereocenters. The summed E-state index contributed by atoms with van der Waals surface area (Å²) in [5, 5.41) is 0.823. The van der Waals surface area contributed by atoms with E-state index in [1.165, 1.54) is 5.56 Å². The minimum Gasteiger partial charge on any atom is -0.444 e. The molecule has 1 N–H and O–H groups in total. The molecular formula is C21H29O2P. The lowest BCUT2D eigenvalue weighted by Crippen LogP contribution is -2.24. The molecule has 0 bridgehead atoms. The van der Waals surface area contributed by atoms with Crippen molar-refractivity contribution in [2.75, 3.05) is 0 Å². The molecule has 0 aliphatic carbocycles. The average molecular weight is 344 g/mol. The molecule has 0 radical (unpaired) electrons. The van der Waals surface area contributed by atoms with Crippen LogP contribution in [0.15, 0.2) is 48.5 Å². The van der Waals surface area contributed by atoms with Crippen LogP contribution in [-0.4, -0.2) is 4.89 Å². The highest BCUT2D eigenvalue weighted by Crippen LogP contribution is 2.39. The van der Waals surface area contributed by atoms with Gasteiger partial charge in [0.1, 0.15) is 5.75 Å². The molecule has 0 spiro atoms. The van der Waals surface area contributed by atoms with E-state index in [1.54, 1.807) is 0 Å². The highest BCUT2D eigenvalue weighted by atomic mass is 31.2. The van der Waals surface area contributed by atoms with Gasteiger partial charge in [0.15, 0.2) is 0 Å². The van der Waals surface area contributed by atoms with Crippen LogP contribution in [0, 0.1) is 12.3 Å². The van der Waals surface area contributed by atoms with Crippen LogP contribution in [0.5, 0.6) is 5.75 Å². The first-order chi connectivity index (χ1) is 11.1. The van der Waals surface area contributed by atoms with Gasteiger partial charge in [0.05, 0.1) is 0 Å². The van der Waals surface area contributed by atoms with Gasteiger partial charge in [0.25, 0.3) is 8.38 Å². The predicted octanol–water partition coefficient (Wildman–Crippen LogP) is 5.72. The van der Waals surface area contributed by atoms with Gasteiger partial charge >= 0.3 is 0 Å². The Morgan fingerprint density at radius 2 is 1.58 bits per heavy atom. The number of benzene rings is 2. The third kappa shape index (κ3) is 5.06. The largest absolute Gasteiger partial charge is 0.444 e. The van der Waals surface area contributed by atoms with Crippen LogP contribution in [0.4, 0.5) is 0 Å². The van der Waals surface area contributed by atoms with E-state index in [1.807, 2.05) is 43.3 Å². The van der Waals surface area contributed by atoms with Gasteiger partial charge in [-0.2, -0.15) is 0 Å². The maximum atomic E-state index is 10.3. The van der Waals surface area contributed by atoms with E-state index in [0.29, 0.717) is 0 Å². The Hall–Kier alpha value is -1.37. The molecule has 0 saturated carbocycles. The molecule has 2 aromatic carbocycles. The van der Waals surface area contributed by atoms with Gasteiger partial charge in [-0.05, 0) is 53.5 Å². The minimum absolute atomic E-state index is 0.102. The molecule has 3 heteroatoms. The summed E-state index contributed by atoms with van der Waals surface area (Å²) in [5.74, 6) is 0.753. The summed E-state index contributed by atoms with van der Waals surface area (Å²) in [5.41, 5.74) is 2.75. The third-order valence-electron chi connectivity index (χ3n) is 4.09. The molecule has 1 unspecified atom stereocenters. The highest BCUT2D eigenvalue weighted by molar-refractivity contribution is 7.55. The zero-order valence-electron chi connectivity index (χ0n) is 15.6. The molecule has 24 heavy (non-hydrogen) atoms. The third-order valence-corrected chi connectivity index (χ3v) is 5.20. The lowest BCUT2D eigenvalue weighted by Gasteiger charge is -2.33. The fourth-order valence-corrected chi connectivity index (χ4v) is 4.23. The van der Waals surface area contributed by atoms with E-state index >= 15 is 0 Å². The molecule has 0 aromatic heterocycles. The van der Waals surface area contributed by atoms with E-state index < -0.39 is 8.38 Å². The van der Waals surface area contributed by atoms with Gasteiger partial charge in [-0.1, -0.05) is 65.0 Å². The molecule has 2 aromatic rings. The summed E-state index contributed by atoms with van der Waals surface area (Å²) in [6, 6.07) is 15.8. The van der Waals surface area contributed by atoms with E-state index in [4.69, 9.17) is 4.52 Å². The zero-order chi connectivity index (χ0) is 18.0. The lowest BCUT2D eigenvalue weighted by molar-refractivity contribution is 0.284. The SMILES string of the molecule is Cc1cc(C(C)(C)CC(C)(C)C)ccc1OP(O)c1ccccc1. The molecule has 0 aliphatic heterocycles. The van der Waals surface area contributed by atoms with E-state index in [0.717, 1.165) is 23.0 Å². The Balaban J connectivity index is 2.18. The van der Waals surface area contributed by atoms with Crippen LogP contribution in [0.1, 0.15) is 52.2 Å². The van der Waals surface area contributed by atoms with Crippen molar-refractivity contribution in [3.05, 3.63) is 59.7 Å². The second-order valence-electron chi connectivity index (χ2n) is 8.30. The maximum absolute atomic E-state index is 10.3. The number of aryl methyl sites for hydroxylation is 1. The van der Waals surface area contributed by atoms with Crippen LogP contribution >= 0.6 is 8.38 Å². The summed E-state index contributed by atoms with van der Waals surface area (Å²) in [6.07, 6.45) is 1.11. The van der Waals surface area contributed by atoms with Crippen molar-refractivity contribution in [3.8, 4) is 5.75 Å². The van der Waals surface area contributed by atoms with Crippen LogP contribution < -0.4 is 9.83 Å². The fraction of sp³-hybridized carbons (Fsp3) is 0.429. The molecule has 130 valence electrons. The van der Waals surface area contributed by atoms with Crippen LogP contribution in [0.2, 0.25) is 0 Å². The number of rotatable bonds is 5. The highest BCUT2D eigenvalue weighted by Gasteiger charge is 2.27. The van der Waals surface area contributed by atoms with E-state index in [-0.39, 0.29) is 10.8 Å². The Morgan fingerprint density at radius 3 is 2.12 bits per heavy atom. The van der Waals surface area contributed by atoms with Crippen molar-refractivity contribution >= 4 is 13.7 Å². The van der Waals surface area contributed by atoms with Gasteiger partial charge in [-0.15, -0.1) is 0 Å². The number of hydrogen-bond donors (Lipinski definition) is 1. The average Bonchev–Trinajstić information content (AvgIpc) is 2.47. The van der Waals surface area contributed by atoms with E-state index in [2.05, 4.69) is 46.8 Å². The number of hydrogen-bond acceptors (Lipinski definition) is 2.